The summed E-state index contributed by atoms with van der Waals surface area (Å²) in [5, 5.41) is 0. The van der Waals surface area contributed by atoms with Gasteiger partial charge in [0.15, 0.2) is 0 Å². The van der Waals surface area contributed by atoms with Crippen molar-refractivity contribution < 1.29 is 4.74 Å². The third-order valence-corrected chi connectivity index (χ3v) is 3.09. The lowest BCUT2D eigenvalue weighted by Crippen LogP contribution is -1.97. The maximum Gasteiger partial charge on any atom is 0.130 e. The summed E-state index contributed by atoms with van der Waals surface area (Å²) in [6.07, 6.45) is 9.46. The van der Waals surface area contributed by atoms with Crippen molar-refractivity contribution in [3.8, 4) is 5.75 Å². The molecular weight excluding hydrogens is 196 g/mol. The molecule has 1 aromatic carbocycles. The smallest absolute Gasteiger partial charge is 0.130 e. The number of allylic oxidation sites excluding steroid dienone is 2. The van der Waals surface area contributed by atoms with E-state index in [1.54, 1.807) is 0 Å². The maximum absolute atomic E-state index is 6.02. The lowest BCUT2D eigenvalue weighted by atomic mass is 10.1. The Labute approximate surface area is 98.1 Å². The predicted molar refractivity (Wildman–Crippen MR) is 67.6 cm³/mol. The van der Waals surface area contributed by atoms with E-state index in [1.807, 2.05) is 6.07 Å². The Morgan fingerprint density at radius 1 is 1.12 bits per heavy atom. The second kappa shape index (κ2) is 5.74. The molecular formula is C15H20O. The molecule has 0 N–H and O–H groups in total. The molecule has 1 aliphatic rings. The molecule has 0 fully saturated rings. The summed E-state index contributed by atoms with van der Waals surface area (Å²) in [6, 6.07) is 8.34. The molecule has 1 nitrogen and oxygen atoms in total. The summed E-state index contributed by atoms with van der Waals surface area (Å²) in [4.78, 5) is 0. The van der Waals surface area contributed by atoms with E-state index in [9.17, 15) is 0 Å². The molecule has 0 bridgehead atoms. The zero-order valence-electron chi connectivity index (χ0n) is 10.0. The molecule has 1 heteroatoms. The van der Waals surface area contributed by atoms with Crippen LogP contribution in [0.1, 0.15) is 44.6 Å². The van der Waals surface area contributed by atoms with Crippen molar-refractivity contribution in [2.45, 2.75) is 45.4 Å². The van der Waals surface area contributed by atoms with Gasteiger partial charge in [-0.15, -0.1) is 0 Å². The van der Waals surface area contributed by atoms with Crippen LogP contribution < -0.4 is 4.74 Å². The van der Waals surface area contributed by atoms with Crippen LogP contribution in [0.25, 0.3) is 0 Å². The summed E-state index contributed by atoms with van der Waals surface area (Å²) in [7, 11) is 0. The fourth-order valence-electron chi connectivity index (χ4n) is 2.11. The first-order chi connectivity index (χ1) is 7.90. The van der Waals surface area contributed by atoms with Crippen molar-refractivity contribution in [3.05, 3.63) is 41.7 Å². The summed E-state index contributed by atoms with van der Waals surface area (Å²) in [5.41, 5.74) is 1.30. The molecule has 0 aliphatic heterocycles. The van der Waals surface area contributed by atoms with Gasteiger partial charge < -0.3 is 4.74 Å². The van der Waals surface area contributed by atoms with Gasteiger partial charge in [0, 0.05) is 6.42 Å². The molecule has 2 rings (SSSR count). The summed E-state index contributed by atoms with van der Waals surface area (Å²) in [5.74, 6) is 2.21. The number of aryl methyl sites for hydroxylation is 1. The summed E-state index contributed by atoms with van der Waals surface area (Å²) >= 11 is 0. The Morgan fingerprint density at radius 3 is 2.88 bits per heavy atom. The Morgan fingerprint density at radius 2 is 2.00 bits per heavy atom. The van der Waals surface area contributed by atoms with E-state index >= 15 is 0 Å². The Kier molecular flexibility index (Phi) is 4.03. The van der Waals surface area contributed by atoms with E-state index in [2.05, 4.69) is 31.2 Å². The van der Waals surface area contributed by atoms with Crippen molar-refractivity contribution in [3.63, 3.8) is 0 Å². The highest BCUT2D eigenvalue weighted by atomic mass is 16.5. The number of para-hydroxylation sites is 1. The molecule has 0 amide bonds. The first-order valence-corrected chi connectivity index (χ1v) is 6.35. The highest BCUT2D eigenvalue weighted by Gasteiger charge is 2.07. The number of hydrogen-bond acceptors (Lipinski definition) is 1. The molecule has 0 atom stereocenters. The van der Waals surface area contributed by atoms with Gasteiger partial charge in [0.2, 0.25) is 0 Å². The van der Waals surface area contributed by atoms with Crippen LogP contribution in [-0.2, 0) is 6.42 Å². The van der Waals surface area contributed by atoms with Crippen LogP contribution in [-0.4, -0.2) is 0 Å². The average Bonchev–Trinajstić information content (AvgIpc) is 2.58. The average molecular weight is 216 g/mol. The number of rotatable bonds is 3. The van der Waals surface area contributed by atoms with E-state index < -0.39 is 0 Å². The van der Waals surface area contributed by atoms with Gasteiger partial charge >= 0.3 is 0 Å². The quantitative estimate of drug-likeness (QED) is 0.724. The molecule has 1 aliphatic carbocycles. The molecule has 0 radical (unpaired) electrons. The largest absolute Gasteiger partial charge is 0.462 e. The summed E-state index contributed by atoms with van der Waals surface area (Å²) in [6.45, 7) is 2.17. The molecule has 0 spiro atoms. The minimum absolute atomic E-state index is 1.03. The van der Waals surface area contributed by atoms with Crippen molar-refractivity contribution in [1.29, 1.82) is 0 Å². The van der Waals surface area contributed by atoms with Gasteiger partial charge in [-0.05, 0) is 43.4 Å². The normalized spacial score (nSPS) is 16.4. The zero-order chi connectivity index (χ0) is 11.2. The molecule has 0 unspecified atom stereocenters. The van der Waals surface area contributed by atoms with Crippen LogP contribution >= 0.6 is 0 Å². The SMILES string of the molecule is CCc1ccccc1OC1=CCCCCC1. The molecule has 16 heavy (non-hydrogen) atoms. The molecule has 86 valence electrons. The zero-order valence-corrected chi connectivity index (χ0v) is 10.0. The van der Waals surface area contributed by atoms with Crippen molar-refractivity contribution in [1.82, 2.24) is 0 Å². The van der Waals surface area contributed by atoms with Crippen LogP contribution in [0.15, 0.2) is 36.1 Å². The van der Waals surface area contributed by atoms with E-state index in [4.69, 9.17) is 4.74 Å². The third-order valence-electron chi connectivity index (χ3n) is 3.09. The minimum atomic E-state index is 1.03. The molecule has 1 aromatic rings. The van der Waals surface area contributed by atoms with Crippen molar-refractivity contribution >= 4 is 0 Å². The van der Waals surface area contributed by atoms with E-state index in [0.29, 0.717) is 0 Å². The first kappa shape index (κ1) is 11.3. The molecule has 0 heterocycles. The van der Waals surface area contributed by atoms with E-state index in [-0.39, 0.29) is 0 Å². The lowest BCUT2D eigenvalue weighted by molar-refractivity contribution is 0.396. The van der Waals surface area contributed by atoms with Crippen molar-refractivity contribution in [2.75, 3.05) is 0 Å². The maximum atomic E-state index is 6.02. The Hall–Kier alpha value is -1.24. The summed E-state index contributed by atoms with van der Waals surface area (Å²) < 4.78 is 6.02. The molecule has 0 saturated carbocycles. The van der Waals surface area contributed by atoms with Gasteiger partial charge in [-0.2, -0.15) is 0 Å². The Balaban J connectivity index is 2.10. The second-order valence-electron chi connectivity index (χ2n) is 4.33. The van der Waals surface area contributed by atoms with Crippen molar-refractivity contribution in [2.24, 2.45) is 0 Å². The molecule has 0 aromatic heterocycles. The van der Waals surface area contributed by atoms with Gasteiger partial charge in [-0.25, -0.2) is 0 Å². The van der Waals surface area contributed by atoms with Crippen LogP contribution in [0.4, 0.5) is 0 Å². The monoisotopic (exact) mass is 216 g/mol. The van der Waals surface area contributed by atoms with E-state index in [0.717, 1.165) is 18.6 Å². The first-order valence-electron chi connectivity index (χ1n) is 6.35. The van der Waals surface area contributed by atoms with Crippen LogP contribution in [0.3, 0.4) is 0 Å². The Bertz CT molecular complexity index is 365. The fourth-order valence-corrected chi connectivity index (χ4v) is 2.11. The number of hydrogen-bond donors (Lipinski definition) is 0. The van der Waals surface area contributed by atoms with Gasteiger partial charge in [0.05, 0.1) is 0 Å². The van der Waals surface area contributed by atoms with Gasteiger partial charge in [-0.1, -0.05) is 31.5 Å². The minimum Gasteiger partial charge on any atom is -0.462 e. The fraction of sp³-hybridized carbons (Fsp3) is 0.467. The molecule has 0 saturated heterocycles. The highest BCUT2D eigenvalue weighted by Crippen LogP contribution is 2.25. The predicted octanol–water partition coefficient (Wildman–Crippen LogP) is 4.48. The van der Waals surface area contributed by atoms with Crippen LogP contribution in [0.2, 0.25) is 0 Å². The van der Waals surface area contributed by atoms with E-state index in [1.165, 1.54) is 37.0 Å². The lowest BCUT2D eigenvalue weighted by Gasteiger charge is -2.12. The third kappa shape index (κ3) is 2.88. The number of ether oxygens (including phenoxy) is 1. The van der Waals surface area contributed by atoms with Gasteiger partial charge in [0.25, 0.3) is 0 Å². The topological polar surface area (TPSA) is 9.23 Å². The second-order valence-corrected chi connectivity index (χ2v) is 4.33. The number of benzene rings is 1. The van der Waals surface area contributed by atoms with Crippen LogP contribution in [0, 0.1) is 0 Å². The highest BCUT2D eigenvalue weighted by molar-refractivity contribution is 5.34. The van der Waals surface area contributed by atoms with Crippen LogP contribution in [0.5, 0.6) is 5.75 Å². The van der Waals surface area contributed by atoms with Gasteiger partial charge in [0.1, 0.15) is 11.5 Å². The van der Waals surface area contributed by atoms with Gasteiger partial charge in [-0.3, -0.25) is 0 Å². The standard InChI is InChI=1S/C15H20O/c1-2-13-9-7-8-12-15(13)16-14-10-5-3-4-6-11-14/h7-10,12H,2-6,11H2,1H3.